The lowest BCUT2D eigenvalue weighted by molar-refractivity contribution is -0.137. The van der Waals surface area contributed by atoms with Crippen molar-refractivity contribution < 1.29 is 22.9 Å². The maximum Gasteiger partial charge on any atom is 0.303 e. The molecule has 0 amide bonds. The van der Waals surface area contributed by atoms with Crippen LogP contribution in [0.5, 0.6) is 0 Å². The maximum absolute atomic E-state index is 10.8. The van der Waals surface area contributed by atoms with E-state index in [1.807, 2.05) is 18.2 Å². The van der Waals surface area contributed by atoms with E-state index in [-0.39, 0.29) is 4.90 Å². The first-order valence-electron chi connectivity index (χ1n) is 9.02. The lowest BCUT2D eigenvalue weighted by Gasteiger charge is -1.99. The number of fused-ring (bicyclic) bond motifs is 1. The van der Waals surface area contributed by atoms with E-state index < -0.39 is 16.1 Å². The Morgan fingerprint density at radius 2 is 1.46 bits per heavy atom. The number of aliphatic carboxylic acids is 1. The molecule has 0 unspecified atom stereocenters. The zero-order valence-corrected chi connectivity index (χ0v) is 16.0. The molecule has 0 saturated carbocycles. The number of carbonyl (C=O) groups is 1. The fourth-order valence-corrected chi connectivity index (χ4v) is 3.08. The van der Waals surface area contributed by atoms with Crippen molar-refractivity contribution >= 4 is 26.9 Å². The van der Waals surface area contributed by atoms with E-state index in [9.17, 15) is 13.2 Å². The molecular weight excluding hydrogens is 352 g/mol. The van der Waals surface area contributed by atoms with Gasteiger partial charge in [-0.2, -0.15) is 8.42 Å². The summed E-state index contributed by atoms with van der Waals surface area (Å²) >= 11 is 0. The fourth-order valence-electron chi connectivity index (χ4n) is 2.56. The molecule has 0 atom stereocenters. The number of carboxylic acid groups (broad SMARTS) is 1. The number of carboxylic acids is 1. The van der Waals surface area contributed by atoms with Crippen molar-refractivity contribution in [3.63, 3.8) is 0 Å². The molecule has 0 aliphatic carbocycles. The highest BCUT2D eigenvalue weighted by atomic mass is 32.2. The van der Waals surface area contributed by atoms with Crippen LogP contribution < -0.4 is 0 Å². The molecule has 6 heteroatoms. The summed E-state index contributed by atoms with van der Waals surface area (Å²) in [7, 11) is -4.09. The summed E-state index contributed by atoms with van der Waals surface area (Å²) in [6.07, 6.45) is 8.64. The first-order chi connectivity index (χ1) is 12.3. The van der Waals surface area contributed by atoms with E-state index in [2.05, 4.69) is 6.92 Å². The Morgan fingerprint density at radius 1 is 0.885 bits per heavy atom. The van der Waals surface area contributed by atoms with Crippen LogP contribution in [0.3, 0.4) is 0 Å². The minimum Gasteiger partial charge on any atom is -0.481 e. The van der Waals surface area contributed by atoms with Crippen molar-refractivity contribution in [1.29, 1.82) is 0 Å². The van der Waals surface area contributed by atoms with Gasteiger partial charge in [-0.05, 0) is 29.3 Å². The summed E-state index contributed by atoms with van der Waals surface area (Å²) in [5.74, 6) is -0.663. The lowest BCUT2D eigenvalue weighted by Crippen LogP contribution is -1.97. The monoisotopic (exact) mass is 380 g/mol. The maximum atomic E-state index is 10.8. The Hall–Kier alpha value is -1.92. The standard InChI is InChI=1S/C10H8O3S.C10H20O2/c11-14(12,13)10-6-5-8-3-1-2-4-9(8)7-10;1-2-3-4-5-6-7-8-9-10(11)12/h1-7H,(H,11,12,13);2-9H2,1H3,(H,11,12). The summed E-state index contributed by atoms with van der Waals surface area (Å²) in [5.41, 5.74) is 0. The highest BCUT2D eigenvalue weighted by Crippen LogP contribution is 2.18. The second kappa shape index (κ2) is 11.6. The average Bonchev–Trinajstić information content (AvgIpc) is 2.60. The molecular formula is C20H28O5S. The molecule has 0 saturated heterocycles. The largest absolute Gasteiger partial charge is 0.481 e. The van der Waals surface area contributed by atoms with Crippen LogP contribution in [-0.4, -0.2) is 24.0 Å². The van der Waals surface area contributed by atoms with Gasteiger partial charge in [-0.1, -0.05) is 75.8 Å². The topological polar surface area (TPSA) is 91.7 Å². The SMILES string of the molecule is CCCCCCCCCC(=O)O.O=S(=O)(O)c1ccc2ccccc2c1. The molecule has 2 rings (SSSR count). The van der Waals surface area contributed by atoms with E-state index >= 15 is 0 Å². The van der Waals surface area contributed by atoms with Gasteiger partial charge in [0.25, 0.3) is 10.1 Å². The molecule has 0 bridgehead atoms. The van der Waals surface area contributed by atoms with Gasteiger partial charge in [-0.25, -0.2) is 0 Å². The van der Waals surface area contributed by atoms with Gasteiger partial charge in [0.15, 0.2) is 0 Å². The van der Waals surface area contributed by atoms with Crippen molar-refractivity contribution in [3.05, 3.63) is 42.5 Å². The minimum absolute atomic E-state index is 0.0730. The zero-order valence-electron chi connectivity index (χ0n) is 15.2. The smallest absolute Gasteiger partial charge is 0.303 e. The molecule has 2 N–H and O–H groups in total. The molecule has 2 aromatic rings. The first-order valence-corrected chi connectivity index (χ1v) is 10.5. The zero-order chi connectivity index (χ0) is 19.4. The normalized spacial score (nSPS) is 11.0. The number of unbranched alkanes of at least 4 members (excludes halogenated alkanes) is 6. The molecule has 2 aromatic carbocycles. The molecule has 0 aromatic heterocycles. The summed E-state index contributed by atoms with van der Waals surface area (Å²) in [6, 6.07) is 11.9. The van der Waals surface area contributed by atoms with Crippen molar-refractivity contribution in [3.8, 4) is 0 Å². The fraction of sp³-hybridized carbons (Fsp3) is 0.450. The first kappa shape index (κ1) is 22.1. The molecule has 0 radical (unpaired) electrons. The van der Waals surface area contributed by atoms with Gasteiger partial charge in [-0.15, -0.1) is 0 Å². The number of benzene rings is 2. The molecule has 0 heterocycles. The van der Waals surface area contributed by atoms with Crippen LogP contribution >= 0.6 is 0 Å². The van der Waals surface area contributed by atoms with Crippen molar-refractivity contribution in [2.75, 3.05) is 0 Å². The van der Waals surface area contributed by atoms with Crippen molar-refractivity contribution in [2.45, 2.75) is 63.2 Å². The number of hydrogen-bond acceptors (Lipinski definition) is 3. The summed E-state index contributed by atoms with van der Waals surface area (Å²) in [4.78, 5) is 10.1. The summed E-state index contributed by atoms with van der Waals surface area (Å²) < 4.78 is 30.5. The molecule has 0 spiro atoms. The summed E-state index contributed by atoms with van der Waals surface area (Å²) in [5, 5.41) is 10.1. The van der Waals surface area contributed by atoms with E-state index in [0.717, 1.165) is 23.6 Å². The van der Waals surface area contributed by atoms with Gasteiger partial charge < -0.3 is 5.11 Å². The van der Waals surface area contributed by atoms with Gasteiger partial charge >= 0.3 is 5.97 Å². The van der Waals surface area contributed by atoms with Gasteiger partial charge in [0.2, 0.25) is 0 Å². The Kier molecular flexibility index (Phi) is 9.91. The van der Waals surface area contributed by atoms with Crippen LogP contribution in [-0.2, 0) is 14.9 Å². The van der Waals surface area contributed by atoms with Crippen LogP contribution in [0.1, 0.15) is 58.3 Å². The molecule has 0 aliphatic rings. The quantitative estimate of drug-likeness (QED) is 0.455. The van der Waals surface area contributed by atoms with Gasteiger partial charge in [0, 0.05) is 6.42 Å². The Labute approximate surface area is 155 Å². The van der Waals surface area contributed by atoms with Gasteiger partial charge in [-0.3, -0.25) is 9.35 Å². The third-order valence-electron chi connectivity index (χ3n) is 4.01. The number of hydrogen-bond donors (Lipinski definition) is 2. The second-order valence-corrected chi connectivity index (χ2v) is 7.67. The third kappa shape index (κ3) is 8.97. The average molecular weight is 381 g/mol. The highest BCUT2D eigenvalue weighted by Gasteiger charge is 2.08. The van der Waals surface area contributed by atoms with Crippen molar-refractivity contribution in [1.82, 2.24) is 0 Å². The Morgan fingerprint density at radius 3 is 2.04 bits per heavy atom. The Bertz CT molecular complexity index is 784. The number of rotatable bonds is 9. The summed E-state index contributed by atoms with van der Waals surface area (Å²) in [6.45, 7) is 2.20. The van der Waals surface area contributed by atoms with Crippen LogP contribution in [0.25, 0.3) is 10.8 Å². The van der Waals surface area contributed by atoms with Gasteiger partial charge in [0.1, 0.15) is 0 Å². The van der Waals surface area contributed by atoms with E-state index in [4.69, 9.17) is 9.66 Å². The second-order valence-electron chi connectivity index (χ2n) is 6.25. The van der Waals surface area contributed by atoms with Crippen molar-refractivity contribution in [2.24, 2.45) is 0 Å². The van der Waals surface area contributed by atoms with E-state index in [1.165, 1.54) is 44.2 Å². The highest BCUT2D eigenvalue weighted by molar-refractivity contribution is 7.85. The van der Waals surface area contributed by atoms with Gasteiger partial charge in [0.05, 0.1) is 4.90 Å². The van der Waals surface area contributed by atoms with Crippen LogP contribution in [0, 0.1) is 0 Å². The van der Waals surface area contributed by atoms with Crippen LogP contribution in [0.2, 0.25) is 0 Å². The van der Waals surface area contributed by atoms with Crippen LogP contribution in [0.15, 0.2) is 47.4 Å². The van der Waals surface area contributed by atoms with E-state index in [1.54, 1.807) is 12.1 Å². The lowest BCUT2D eigenvalue weighted by atomic mass is 10.1. The minimum atomic E-state index is -4.09. The van der Waals surface area contributed by atoms with E-state index in [0.29, 0.717) is 6.42 Å². The van der Waals surface area contributed by atoms with Crippen LogP contribution in [0.4, 0.5) is 0 Å². The molecule has 5 nitrogen and oxygen atoms in total. The predicted octanol–water partition coefficient (Wildman–Crippen LogP) is 5.30. The Balaban J connectivity index is 0.000000265. The third-order valence-corrected chi connectivity index (χ3v) is 4.86. The molecule has 26 heavy (non-hydrogen) atoms. The molecule has 0 fully saturated rings. The molecule has 144 valence electrons. The predicted molar refractivity (Wildman–Crippen MR) is 104 cm³/mol. The molecule has 0 aliphatic heterocycles.